The van der Waals surface area contributed by atoms with Gasteiger partial charge in [0.05, 0.1) is 12.3 Å². The summed E-state index contributed by atoms with van der Waals surface area (Å²) in [6.07, 6.45) is 1.20. The van der Waals surface area contributed by atoms with E-state index in [9.17, 15) is 9.90 Å². The largest absolute Gasteiger partial charge is 0.467 e. The molecule has 0 spiro atoms. The summed E-state index contributed by atoms with van der Waals surface area (Å²) in [5.74, 6) is 0.511. The van der Waals surface area contributed by atoms with Crippen molar-refractivity contribution in [2.24, 2.45) is 0 Å². The molecule has 23 heavy (non-hydrogen) atoms. The molecular formula is C17H24N2O3S. The van der Waals surface area contributed by atoms with Gasteiger partial charge in [-0.2, -0.15) is 0 Å². The Hall–Kier alpha value is -1.79. The van der Waals surface area contributed by atoms with Crippen LogP contribution in [0.25, 0.3) is 0 Å². The highest BCUT2D eigenvalue weighted by atomic mass is 32.1. The minimum Gasteiger partial charge on any atom is -0.467 e. The van der Waals surface area contributed by atoms with Gasteiger partial charge in [-0.1, -0.05) is 0 Å². The van der Waals surface area contributed by atoms with Crippen molar-refractivity contribution in [1.29, 1.82) is 0 Å². The first-order valence-electron chi connectivity index (χ1n) is 7.72. The number of carbonyl (C=O) groups excluding carboxylic acids is 1. The van der Waals surface area contributed by atoms with Gasteiger partial charge < -0.3 is 20.2 Å². The van der Waals surface area contributed by atoms with Crippen LogP contribution in [0, 0.1) is 13.8 Å². The number of aliphatic hydroxyl groups is 1. The first kappa shape index (κ1) is 17.6. The summed E-state index contributed by atoms with van der Waals surface area (Å²) < 4.78 is 5.16. The Kier molecular flexibility index (Phi) is 5.85. The number of aryl methyl sites for hydroxylation is 2. The fourth-order valence-corrected chi connectivity index (χ4v) is 3.63. The monoisotopic (exact) mass is 336 g/mol. The standard InChI is InChI=1S/C17H24N2O3S/c1-10(8-15(20)16-6-5-7-22-16)18-17(21)19-12(3)14-9-11(2)23-13(14)4/h5-7,9-10,12,15,20H,8H2,1-4H3,(H2,18,19,21)/t10-,12-,15-/m0/s1. The number of amides is 2. The number of carbonyl (C=O) groups is 1. The predicted molar refractivity (Wildman–Crippen MR) is 91.6 cm³/mol. The van der Waals surface area contributed by atoms with E-state index in [-0.39, 0.29) is 18.1 Å². The lowest BCUT2D eigenvalue weighted by molar-refractivity contribution is 0.129. The molecule has 0 aliphatic carbocycles. The van der Waals surface area contributed by atoms with Crippen LogP contribution in [-0.2, 0) is 0 Å². The smallest absolute Gasteiger partial charge is 0.315 e. The number of furan rings is 1. The summed E-state index contributed by atoms with van der Waals surface area (Å²) in [4.78, 5) is 14.6. The summed E-state index contributed by atoms with van der Waals surface area (Å²) in [5, 5.41) is 15.8. The Bertz CT molecular complexity index is 636. The van der Waals surface area contributed by atoms with E-state index in [2.05, 4.69) is 30.5 Å². The van der Waals surface area contributed by atoms with Crippen molar-refractivity contribution in [3.05, 3.63) is 45.5 Å². The average molecular weight is 336 g/mol. The Morgan fingerprint density at radius 2 is 2.09 bits per heavy atom. The van der Waals surface area contributed by atoms with E-state index in [0.717, 1.165) is 5.56 Å². The molecule has 0 unspecified atom stereocenters. The second-order valence-corrected chi connectivity index (χ2v) is 7.34. The van der Waals surface area contributed by atoms with Gasteiger partial charge in [0.25, 0.3) is 0 Å². The molecule has 2 aromatic rings. The van der Waals surface area contributed by atoms with Crippen molar-refractivity contribution in [3.8, 4) is 0 Å². The molecule has 3 N–H and O–H groups in total. The maximum Gasteiger partial charge on any atom is 0.315 e. The van der Waals surface area contributed by atoms with Gasteiger partial charge >= 0.3 is 6.03 Å². The molecule has 0 saturated carbocycles. The van der Waals surface area contributed by atoms with Crippen molar-refractivity contribution < 1.29 is 14.3 Å². The highest BCUT2D eigenvalue weighted by Gasteiger charge is 2.18. The molecule has 0 aliphatic rings. The van der Waals surface area contributed by atoms with Crippen LogP contribution in [0.1, 0.15) is 53.5 Å². The lowest BCUT2D eigenvalue weighted by Crippen LogP contribution is -2.42. The average Bonchev–Trinajstić information content (AvgIpc) is 3.07. The van der Waals surface area contributed by atoms with E-state index in [4.69, 9.17) is 4.42 Å². The van der Waals surface area contributed by atoms with Crippen molar-refractivity contribution in [2.75, 3.05) is 0 Å². The van der Waals surface area contributed by atoms with Crippen molar-refractivity contribution in [3.63, 3.8) is 0 Å². The first-order chi connectivity index (χ1) is 10.9. The van der Waals surface area contributed by atoms with E-state index in [1.54, 1.807) is 23.5 Å². The highest BCUT2D eigenvalue weighted by Crippen LogP contribution is 2.26. The Morgan fingerprint density at radius 3 is 2.65 bits per heavy atom. The van der Waals surface area contributed by atoms with Gasteiger partial charge in [0.1, 0.15) is 11.9 Å². The first-order valence-corrected chi connectivity index (χ1v) is 8.54. The summed E-state index contributed by atoms with van der Waals surface area (Å²) in [7, 11) is 0. The third-order valence-corrected chi connectivity index (χ3v) is 4.70. The predicted octanol–water partition coefficient (Wildman–Crippen LogP) is 3.83. The molecule has 2 amide bonds. The SMILES string of the molecule is Cc1cc([C@H](C)NC(=O)N[C@@H](C)C[C@H](O)c2ccco2)c(C)s1. The molecule has 2 aromatic heterocycles. The summed E-state index contributed by atoms with van der Waals surface area (Å²) in [6, 6.07) is 5.10. The third kappa shape index (κ3) is 4.84. The van der Waals surface area contributed by atoms with Crippen LogP contribution in [0.4, 0.5) is 4.79 Å². The van der Waals surface area contributed by atoms with E-state index in [1.165, 1.54) is 16.0 Å². The lowest BCUT2D eigenvalue weighted by atomic mass is 10.1. The van der Waals surface area contributed by atoms with E-state index >= 15 is 0 Å². The van der Waals surface area contributed by atoms with Crippen LogP contribution in [0.5, 0.6) is 0 Å². The fourth-order valence-electron chi connectivity index (χ4n) is 2.61. The van der Waals surface area contributed by atoms with Crippen molar-refractivity contribution >= 4 is 17.4 Å². The minimum absolute atomic E-state index is 0.0536. The Morgan fingerprint density at radius 1 is 1.35 bits per heavy atom. The molecule has 126 valence electrons. The van der Waals surface area contributed by atoms with E-state index in [1.807, 2.05) is 13.8 Å². The number of urea groups is 1. The van der Waals surface area contributed by atoms with Gasteiger partial charge in [0.15, 0.2) is 0 Å². The highest BCUT2D eigenvalue weighted by molar-refractivity contribution is 7.12. The molecule has 0 fully saturated rings. The van der Waals surface area contributed by atoms with Crippen LogP contribution >= 0.6 is 11.3 Å². The quantitative estimate of drug-likeness (QED) is 0.750. The maximum atomic E-state index is 12.1. The van der Waals surface area contributed by atoms with Crippen LogP contribution in [0.3, 0.4) is 0 Å². The summed E-state index contributed by atoms with van der Waals surface area (Å²) in [6.45, 7) is 7.95. The lowest BCUT2D eigenvalue weighted by Gasteiger charge is -2.19. The van der Waals surface area contributed by atoms with Gasteiger partial charge in [0.2, 0.25) is 0 Å². The van der Waals surface area contributed by atoms with Crippen LogP contribution < -0.4 is 10.6 Å². The van der Waals surface area contributed by atoms with Gasteiger partial charge in [-0.25, -0.2) is 4.79 Å². The van der Waals surface area contributed by atoms with E-state index < -0.39 is 6.10 Å². The van der Waals surface area contributed by atoms with Gasteiger partial charge in [-0.3, -0.25) is 0 Å². The molecule has 0 aliphatic heterocycles. The molecule has 6 heteroatoms. The number of aliphatic hydroxyl groups excluding tert-OH is 1. The molecule has 2 rings (SSSR count). The zero-order valence-electron chi connectivity index (χ0n) is 13.9. The molecular weight excluding hydrogens is 312 g/mol. The normalized spacial score (nSPS) is 15.0. The molecule has 5 nitrogen and oxygen atoms in total. The number of hydrogen-bond donors (Lipinski definition) is 3. The fraction of sp³-hybridized carbons (Fsp3) is 0.471. The van der Waals surface area contributed by atoms with Gasteiger partial charge in [0, 0.05) is 22.2 Å². The van der Waals surface area contributed by atoms with E-state index in [0.29, 0.717) is 12.2 Å². The van der Waals surface area contributed by atoms with Gasteiger partial charge in [-0.05, 0) is 51.5 Å². The van der Waals surface area contributed by atoms with Crippen LogP contribution in [0.2, 0.25) is 0 Å². The summed E-state index contributed by atoms with van der Waals surface area (Å²) in [5.41, 5.74) is 1.14. The number of nitrogens with one attached hydrogen (secondary N) is 2. The molecule has 3 atom stereocenters. The number of hydrogen-bond acceptors (Lipinski definition) is 4. The molecule has 2 heterocycles. The van der Waals surface area contributed by atoms with Crippen molar-refractivity contribution in [1.82, 2.24) is 10.6 Å². The topological polar surface area (TPSA) is 74.5 Å². The zero-order valence-corrected chi connectivity index (χ0v) is 14.7. The molecule has 0 aromatic carbocycles. The number of rotatable bonds is 6. The zero-order chi connectivity index (χ0) is 17.0. The maximum absolute atomic E-state index is 12.1. The minimum atomic E-state index is -0.723. The third-order valence-electron chi connectivity index (χ3n) is 3.72. The molecule has 0 radical (unpaired) electrons. The van der Waals surface area contributed by atoms with Crippen LogP contribution in [0.15, 0.2) is 28.9 Å². The number of thiophene rings is 1. The second-order valence-electron chi connectivity index (χ2n) is 5.88. The Labute approximate surface area is 140 Å². The van der Waals surface area contributed by atoms with Crippen molar-refractivity contribution in [2.45, 2.75) is 52.3 Å². The molecule has 0 saturated heterocycles. The molecule has 0 bridgehead atoms. The Balaban J connectivity index is 1.83. The van der Waals surface area contributed by atoms with Gasteiger partial charge in [-0.15, -0.1) is 11.3 Å². The second kappa shape index (κ2) is 7.66. The summed E-state index contributed by atoms with van der Waals surface area (Å²) >= 11 is 1.73. The van der Waals surface area contributed by atoms with Crippen LogP contribution in [-0.4, -0.2) is 17.2 Å².